The van der Waals surface area contributed by atoms with Crippen molar-refractivity contribution in [3.8, 4) is 17.2 Å². The van der Waals surface area contributed by atoms with Gasteiger partial charge in [0.15, 0.2) is 0 Å². The zero-order valence-corrected chi connectivity index (χ0v) is 54.8. The average molecular weight is 1130 g/mol. The van der Waals surface area contributed by atoms with Gasteiger partial charge in [-0.2, -0.15) is 0 Å². The van der Waals surface area contributed by atoms with E-state index in [1.54, 1.807) is 0 Å². The SMILES string of the molecule is C.CC1CCCCC1N=Cc1cc(C(C)(C)C)cc(C(C)(C)C)c1O.CC1CCCCC1N=Cc1cc(C(C)(C)C)cc(C(C)(C)C)c1O.CC1CCCCC1N=Cc1cc(C(C)(C)C)cc(C(C)(C)C)c1O.[CH3-].[CH3-].[Zr+2]. The summed E-state index contributed by atoms with van der Waals surface area (Å²) in [6, 6.07) is 14.0. The summed E-state index contributed by atoms with van der Waals surface area (Å²) in [6.07, 6.45) is 20.9. The third-order valence-electron chi connectivity index (χ3n) is 15.9. The maximum absolute atomic E-state index is 10.8. The van der Waals surface area contributed by atoms with Crippen molar-refractivity contribution < 1.29 is 41.5 Å². The largest absolute Gasteiger partial charge is 2.00 e. The van der Waals surface area contributed by atoms with Crippen molar-refractivity contribution in [1.82, 2.24) is 0 Å². The Morgan fingerprint density at radius 2 is 0.553 bits per heavy atom. The van der Waals surface area contributed by atoms with E-state index >= 15 is 0 Å². The van der Waals surface area contributed by atoms with Crippen LogP contribution in [0.25, 0.3) is 0 Å². The predicted octanol–water partition coefficient (Wildman–Crippen LogP) is 19.5. The third-order valence-corrected chi connectivity index (χ3v) is 15.9. The standard InChI is InChI=1S/3C22H35NO.CH4.2CH3.Zr/c3*1-15-10-8-9-11-19(15)23-14-16-12-17(21(2,3)4)13-18(20(16)24)22(5,6)7;;;;/h3*12-15,19,24H,8-11H2,1-7H3;1H4;2*1H3;/q;;;;2*-1;+2. The van der Waals surface area contributed by atoms with Crippen LogP contribution in [-0.4, -0.2) is 52.1 Å². The second-order valence-corrected chi connectivity index (χ2v) is 28.7. The van der Waals surface area contributed by atoms with E-state index in [1.165, 1.54) is 93.7 Å². The van der Waals surface area contributed by atoms with Crippen LogP contribution in [0, 0.1) is 32.6 Å². The molecule has 6 nitrogen and oxygen atoms in total. The van der Waals surface area contributed by atoms with Crippen molar-refractivity contribution in [3.05, 3.63) is 101 Å². The molecule has 3 aromatic carbocycles. The Morgan fingerprint density at radius 3 is 0.724 bits per heavy atom. The van der Waals surface area contributed by atoms with Crippen molar-refractivity contribution >= 4 is 18.6 Å². The Labute approximate surface area is 488 Å². The summed E-state index contributed by atoms with van der Waals surface area (Å²) in [6.45, 7) is 46.2. The Morgan fingerprint density at radius 1 is 0.355 bits per heavy atom. The summed E-state index contributed by atoms with van der Waals surface area (Å²) in [5.74, 6) is 3.10. The van der Waals surface area contributed by atoms with Crippen LogP contribution in [0.5, 0.6) is 17.2 Å². The number of aliphatic imine (C=N–C) groups is 3. The third kappa shape index (κ3) is 20.9. The molecule has 0 heterocycles. The molecule has 7 heteroatoms. The van der Waals surface area contributed by atoms with Crippen LogP contribution in [0.15, 0.2) is 51.4 Å². The molecule has 0 aromatic heterocycles. The molecule has 76 heavy (non-hydrogen) atoms. The van der Waals surface area contributed by atoms with E-state index in [9.17, 15) is 15.3 Å². The van der Waals surface area contributed by atoms with Gasteiger partial charge in [0.05, 0.1) is 18.1 Å². The summed E-state index contributed by atoms with van der Waals surface area (Å²) < 4.78 is 0. The van der Waals surface area contributed by atoms with Gasteiger partial charge in [-0.05, 0) is 124 Å². The fourth-order valence-electron chi connectivity index (χ4n) is 10.4. The number of benzene rings is 3. The maximum atomic E-state index is 10.8. The number of hydrogen-bond donors (Lipinski definition) is 3. The van der Waals surface area contributed by atoms with Gasteiger partial charge in [0.1, 0.15) is 17.2 Å². The first-order valence-corrected chi connectivity index (χ1v) is 28.2. The van der Waals surface area contributed by atoms with Crippen LogP contribution in [0.1, 0.15) is 280 Å². The minimum atomic E-state index is -0.0912. The van der Waals surface area contributed by atoms with Gasteiger partial charge in [-0.1, -0.05) is 210 Å². The van der Waals surface area contributed by atoms with Gasteiger partial charge in [-0.3, -0.25) is 15.0 Å². The molecule has 0 aliphatic heterocycles. The number of nitrogens with zero attached hydrogens (tertiary/aromatic N) is 3. The van der Waals surface area contributed by atoms with Crippen LogP contribution in [0.2, 0.25) is 0 Å². The fraction of sp³-hybridized carbons (Fsp3) is 0.667. The predicted molar refractivity (Wildman–Crippen MR) is 333 cm³/mol. The fourth-order valence-corrected chi connectivity index (χ4v) is 10.4. The molecule has 0 bridgehead atoms. The maximum Gasteiger partial charge on any atom is 2.00 e. The minimum absolute atomic E-state index is 0. The molecule has 3 saturated carbocycles. The molecular weight excluding hydrogens is 1010 g/mol. The monoisotopic (exact) mass is 1120 g/mol. The molecule has 3 N–H and O–H groups in total. The normalized spacial score (nSPS) is 21.8. The first-order chi connectivity index (χ1) is 33.0. The van der Waals surface area contributed by atoms with Crippen molar-refractivity contribution in [2.45, 2.75) is 280 Å². The van der Waals surface area contributed by atoms with Crippen molar-refractivity contribution in [2.75, 3.05) is 0 Å². The Bertz CT molecular complexity index is 2070. The molecule has 428 valence electrons. The van der Waals surface area contributed by atoms with Crippen LogP contribution < -0.4 is 0 Å². The van der Waals surface area contributed by atoms with Gasteiger partial charge in [0.2, 0.25) is 0 Å². The van der Waals surface area contributed by atoms with Crippen molar-refractivity contribution in [3.63, 3.8) is 0 Å². The number of aromatic hydroxyl groups is 3. The van der Waals surface area contributed by atoms with Gasteiger partial charge in [0, 0.05) is 52.0 Å². The second kappa shape index (κ2) is 29.4. The van der Waals surface area contributed by atoms with Crippen LogP contribution in [-0.2, 0) is 58.7 Å². The average Bonchev–Trinajstić information content (AvgIpc) is 3.25. The summed E-state index contributed by atoms with van der Waals surface area (Å²) in [7, 11) is 0. The van der Waals surface area contributed by atoms with E-state index < -0.39 is 0 Å². The molecule has 0 amide bonds. The molecule has 3 aromatic rings. The number of phenolic OH excluding ortho intramolecular Hbond substituents is 3. The van der Waals surface area contributed by atoms with Gasteiger partial charge in [0.25, 0.3) is 0 Å². The van der Waals surface area contributed by atoms with Crippen LogP contribution >= 0.6 is 0 Å². The second-order valence-electron chi connectivity index (χ2n) is 28.7. The van der Waals surface area contributed by atoms with E-state index in [-0.39, 0.29) is 81.0 Å². The molecule has 6 unspecified atom stereocenters. The minimum Gasteiger partial charge on any atom is -0.507 e. The van der Waals surface area contributed by atoms with E-state index in [2.05, 4.69) is 182 Å². The Kier molecular flexibility index (Phi) is 28.2. The van der Waals surface area contributed by atoms with Gasteiger partial charge < -0.3 is 30.2 Å². The Balaban J connectivity index is 0.00000108. The summed E-state index contributed by atoms with van der Waals surface area (Å²) in [4.78, 5) is 14.6. The summed E-state index contributed by atoms with van der Waals surface area (Å²) >= 11 is 0. The van der Waals surface area contributed by atoms with Crippen molar-refractivity contribution in [2.24, 2.45) is 32.7 Å². The summed E-state index contributed by atoms with van der Waals surface area (Å²) in [5, 5.41) is 32.5. The molecule has 0 spiro atoms. The molecule has 3 aliphatic rings. The van der Waals surface area contributed by atoms with E-state index in [4.69, 9.17) is 15.0 Å². The number of hydrogen-bond acceptors (Lipinski definition) is 6. The van der Waals surface area contributed by atoms with E-state index in [1.807, 2.05) is 18.6 Å². The number of phenols is 3. The molecule has 0 radical (unpaired) electrons. The number of rotatable bonds is 6. The zero-order valence-electron chi connectivity index (χ0n) is 52.3. The molecule has 6 rings (SSSR count). The first-order valence-electron chi connectivity index (χ1n) is 28.2. The molecule has 3 fully saturated rings. The van der Waals surface area contributed by atoms with Crippen LogP contribution in [0.4, 0.5) is 0 Å². The Hall–Kier alpha value is -3.05. The van der Waals surface area contributed by atoms with Gasteiger partial charge in [-0.25, -0.2) is 0 Å². The first kappa shape index (κ1) is 73.0. The van der Waals surface area contributed by atoms with Gasteiger partial charge >= 0.3 is 26.2 Å². The molecular formula is C69H115N3O3Zr. The van der Waals surface area contributed by atoms with E-state index in [0.717, 1.165) is 33.4 Å². The molecule has 0 saturated heterocycles. The van der Waals surface area contributed by atoms with E-state index in [0.29, 0.717) is 53.1 Å². The topological polar surface area (TPSA) is 97.8 Å². The summed E-state index contributed by atoms with van der Waals surface area (Å²) in [5.41, 5.74) is 9.26. The van der Waals surface area contributed by atoms with Crippen LogP contribution in [0.3, 0.4) is 0 Å². The molecule has 3 aliphatic carbocycles. The molecule has 6 atom stereocenters. The smallest absolute Gasteiger partial charge is 0.507 e. The zero-order chi connectivity index (χ0) is 54.4. The van der Waals surface area contributed by atoms with Crippen molar-refractivity contribution in [1.29, 1.82) is 0 Å². The van der Waals surface area contributed by atoms with Gasteiger partial charge in [-0.15, -0.1) is 0 Å². The quantitative estimate of drug-likeness (QED) is 0.169.